The predicted octanol–water partition coefficient (Wildman–Crippen LogP) is 5.20. The van der Waals surface area contributed by atoms with E-state index in [1.54, 1.807) is 4.52 Å². The molecule has 0 aliphatic rings. The SMILES string of the molecule is Cc1cccc(NC(=O)Cc2c(C)nc3nc(-c4ccc(C(C)(C)C)cc4)nn3c2C)c1. The van der Waals surface area contributed by atoms with Gasteiger partial charge in [0, 0.05) is 28.2 Å². The van der Waals surface area contributed by atoms with Crippen molar-refractivity contribution in [3.63, 3.8) is 0 Å². The van der Waals surface area contributed by atoms with Crippen LogP contribution in [0.2, 0.25) is 0 Å². The fraction of sp³-hybridized carbons (Fsp3) is 0.308. The Labute approximate surface area is 188 Å². The predicted molar refractivity (Wildman–Crippen MR) is 128 cm³/mol. The van der Waals surface area contributed by atoms with Gasteiger partial charge in [-0.3, -0.25) is 4.79 Å². The van der Waals surface area contributed by atoms with Crippen LogP contribution in [0.25, 0.3) is 17.2 Å². The molecule has 0 unspecified atom stereocenters. The lowest BCUT2D eigenvalue weighted by Gasteiger charge is -2.18. The largest absolute Gasteiger partial charge is 0.326 e. The van der Waals surface area contributed by atoms with Crippen LogP contribution in [-0.2, 0) is 16.6 Å². The molecule has 0 fully saturated rings. The number of fused-ring (bicyclic) bond motifs is 1. The van der Waals surface area contributed by atoms with E-state index in [9.17, 15) is 4.79 Å². The molecule has 164 valence electrons. The van der Waals surface area contributed by atoms with E-state index >= 15 is 0 Å². The molecule has 2 aromatic heterocycles. The number of benzene rings is 2. The molecule has 0 spiro atoms. The summed E-state index contributed by atoms with van der Waals surface area (Å²) in [6.07, 6.45) is 0.226. The maximum Gasteiger partial charge on any atom is 0.253 e. The van der Waals surface area contributed by atoms with E-state index in [1.807, 2.05) is 57.2 Å². The summed E-state index contributed by atoms with van der Waals surface area (Å²) in [5.74, 6) is 1.08. The van der Waals surface area contributed by atoms with Crippen LogP contribution in [0.1, 0.15) is 48.8 Å². The van der Waals surface area contributed by atoms with Gasteiger partial charge in [-0.15, -0.1) is 5.10 Å². The summed E-state index contributed by atoms with van der Waals surface area (Å²) in [4.78, 5) is 21.9. The Balaban J connectivity index is 1.62. The van der Waals surface area contributed by atoms with E-state index in [1.165, 1.54) is 5.56 Å². The van der Waals surface area contributed by atoms with Crippen LogP contribution in [-0.4, -0.2) is 25.5 Å². The summed E-state index contributed by atoms with van der Waals surface area (Å²) < 4.78 is 1.73. The molecular weight excluding hydrogens is 398 g/mol. The number of aryl methyl sites for hydroxylation is 3. The molecule has 1 N–H and O–H groups in total. The summed E-state index contributed by atoms with van der Waals surface area (Å²) in [6.45, 7) is 12.4. The van der Waals surface area contributed by atoms with Gasteiger partial charge in [-0.2, -0.15) is 4.98 Å². The number of hydrogen-bond acceptors (Lipinski definition) is 4. The van der Waals surface area contributed by atoms with Gasteiger partial charge in [-0.05, 0) is 49.4 Å². The molecule has 0 aliphatic heterocycles. The minimum absolute atomic E-state index is 0.0824. The van der Waals surface area contributed by atoms with Crippen molar-refractivity contribution in [2.75, 3.05) is 5.32 Å². The van der Waals surface area contributed by atoms with Gasteiger partial charge in [0.05, 0.1) is 6.42 Å². The van der Waals surface area contributed by atoms with Gasteiger partial charge in [-0.25, -0.2) is 9.50 Å². The fourth-order valence-electron chi connectivity index (χ4n) is 3.79. The lowest BCUT2D eigenvalue weighted by Crippen LogP contribution is -2.17. The molecule has 6 nitrogen and oxygen atoms in total. The first kappa shape index (κ1) is 21.7. The van der Waals surface area contributed by atoms with Crippen LogP contribution >= 0.6 is 0 Å². The number of amides is 1. The van der Waals surface area contributed by atoms with Crippen LogP contribution in [0.15, 0.2) is 48.5 Å². The van der Waals surface area contributed by atoms with Crippen molar-refractivity contribution in [2.45, 2.75) is 53.4 Å². The standard InChI is InChI=1S/C26H29N5O/c1-16-8-7-9-21(14-16)28-23(32)15-22-17(2)27-25-29-24(30-31(25)18(22)3)19-10-12-20(13-11-19)26(4,5)6/h7-14H,15H2,1-6H3,(H,28,32). The number of nitrogens with zero attached hydrogens (tertiary/aromatic N) is 4. The van der Waals surface area contributed by atoms with Crippen LogP contribution in [0.4, 0.5) is 5.69 Å². The minimum atomic E-state index is -0.0824. The number of nitrogens with one attached hydrogen (secondary N) is 1. The van der Waals surface area contributed by atoms with E-state index in [2.05, 4.69) is 48.2 Å². The maximum absolute atomic E-state index is 12.7. The zero-order valence-corrected chi connectivity index (χ0v) is 19.5. The molecule has 1 amide bonds. The first-order valence-corrected chi connectivity index (χ1v) is 10.8. The molecular formula is C26H29N5O. The molecule has 0 saturated heterocycles. The summed E-state index contributed by atoms with van der Waals surface area (Å²) in [5, 5.41) is 7.66. The van der Waals surface area contributed by atoms with Crippen molar-refractivity contribution in [1.29, 1.82) is 0 Å². The number of aromatic nitrogens is 4. The minimum Gasteiger partial charge on any atom is -0.326 e. The Morgan fingerprint density at radius 3 is 2.38 bits per heavy atom. The van der Waals surface area contributed by atoms with Crippen molar-refractivity contribution >= 4 is 17.4 Å². The topological polar surface area (TPSA) is 72.2 Å². The number of anilines is 1. The highest BCUT2D eigenvalue weighted by atomic mass is 16.1. The van der Waals surface area contributed by atoms with Crippen LogP contribution < -0.4 is 5.32 Å². The molecule has 0 saturated carbocycles. The van der Waals surface area contributed by atoms with E-state index in [4.69, 9.17) is 5.10 Å². The number of carbonyl (C=O) groups is 1. The van der Waals surface area contributed by atoms with Crippen molar-refractivity contribution in [2.24, 2.45) is 0 Å². The summed E-state index contributed by atoms with van der Waals surface area (Å²) in [5.41, 5.74) is 6.71. The van der Waals surface area contributed by atoms with Gasteiger partial charge >= 0.3 is 0 Å². The second-order valence-electron chi connectivity index (χ2n) is 9.33. The zero-order valence-electron chi connectivity index (χ0n) is 19.5. The van der Waals surface area contributed by atoms with Gasteiger partial charge in [0.1, 0.15) is 0 Å². The Morgan fingerprint density at radius 1 is 1.00 bits per heavy atom. The molecule has 2 heterocycles. The highest BCUT2D eigenvalue weighted by Gasteiger charge is 2.18. The molecule has 2 aromatic carbocycles. The molecule has 0 radical (unpaired) electrons. The smallest absolute Gasteiger partial charge is 0.253 e. The summed E-state index contributed by atoms with van der Waals surface area (Å²) in [7, 11) is 0. The second kappa shape index (κ2) is 8.19. The number of rotatable bonds is 4. The Hall–Kier alpha value is -3.54. The highest BCUT2D eigenvalue weighted by molar-refractivity contribution is 5.92. The van der Waals surface area contributed by atoms with Crippen LogP contribution in [0.3, 0.4) is 0 Å². The van der Waals surface area contributed by atoms with Gasteiger partial charge in [0.2, 0.25) is 5.91 Å². The lowest BCUT2D eigenvalue weighted by atomic mass is 9.87. The van der Waals surface area contributed by atoms with Crippen molar-refractivity contribution < 1.29 is 4.79 Å². The quantitative estimate of drug-likeness (QED) is 0.486. The summed E-state index contributed by atoms with van der Waals surface area (Å²) >= 11 is 0. The van der Waals surface area contributed by atoms with Gasteiger partial charge in [-0.1, -0.05) is 57.2 Å². The average Bonchev–Trinajstić information content (AvgIpc) is 3.15. The Morgan fingerprint density at radius 2 is 1.72 bits per heavy atom. The van der Waals surface area contributed by atoms with Crippen LogP contribution in [0, 0.1) is 20.8 Å². The normalized spacial score (nSPS) is 11.7. The van der Waals surface area contributed by atoms with Crippen LogP contribution in [0.5, 0.6) is 0 Å². The van der Waals surface area contributed by atoms with Gasteiger partial charge in [0.25, 0.3) is 5.78 Å². The second-order valence-corrected chi connectivity index (χ2v) is 9.33. The molecule has 32 heavy (non-hydrogen) atoms. The summed E-state index contributed by atoms with van der Waals surface area (Å²) in [6, 6.07) is 16.1. The van der Waals surface area contributed by atoms with E-state index < -0.39 is 0 Å². The van der Waals surface area contributed by atoms with Crippen molar-refractivity contribution in [1.82, 2.24) is 19.6 Å². The van der Waals surface area contributed by atoms with E-state index in [0.717, 1.165) is 33.8 Å². The van der Waals surface area contributed by atoms with Gasteiger partial charge < -0.3 is 5.32 Å². The Bertz CT molecular complexity index is 1300. The third kappa shape index (κ3) is 4.40. The van der Waals surface area contributed by atoms with Crippen molar-refractivity contribution in [3.05, 3.63) is 76.6 Å². The fourth-order valence-corrected chi connectivity index (χ4v) is 3.79. The van der Waals surface area contributed by atoms with E-state index in [-0.39, 0.29) is 17.7 Å². The first-order valence-electron chi connectivity index (χ1n) is 10.8. The molecule has 0 bridgehead atoms. The van der Waals surface area contributed by atoms with Gasteiger partial charge in [0.15, 0.2) is 5.82 Å². The third-order valence-corrected chi connectivity index (χ3v) is 5.70. The first-order chi connectivity index (χ1) is 15.1. The highest BCUT2D eigenvalue weighted by Crippen LogP contribution is 2.25. The zero-order chi connectivity index (χ0) is 23.0. The Kier molecular flexibility index (Phi) is 5.55. The number of carbonyl (C=O) groups excluding carboxylic acids is 1. The molecule has 0 atom stereocenters. The third-order valence-electron chi connectivity index (χ3n) is 5.70. The molecule has 6 heteroatoms. The maximum atomic E-state index is 12.7. The molecule has 4 aromatic rings. The lowest BCUT2D eigenvalue weighted by molar-refractivity contribution is -0.115. The molecule has 0 aliphatic carbocycles. The molecule has 4 rings (SSSR count). The number of hydrogen-bond donors (Lipinski definition) is 1. The average molecular weight is 428 g/mol. The monoisotopic (exact) mass is 427 g/mol. The van der Waals surface area contributed by atoms with E-state index in [0.29, 0.717) is 11.6 Å². The van der Waals surface area contributed by atoms with Crippen molar-refractivity contribution in [3.8, 4) is 11.4 Å².